The molecule has 0 amide bonds. The third-order valence-electron chi connectivity index (χ3n) is 3.34. The van der Waals surface area contributed by atoms with Crippen LogP contribution in [0.1, 0.15) is 16.2 Å². The van der Waals surface area contributed by atoms with Gasteiger partial charge >= 0.3 is 5.97 Å². The number of carboxylic acids is 1. The van der Waals surface area contributed by atoms with E-state index in [0.717, 1.165) is 0 Å². The topological polar surface area (TPSA) is 72.2 Å². The van der Waals surface area contributed by atoms with Crippen LogP contribution in [-0.2, 0) is 0 Å². The van der Waals surface area contributed by atoms with Gasteiger partial charge in [-0.05, 0) is 31.2 Å². The zero-order chi connectivity index (χ0) is 15.0. The van der Waals surface area contributed by atoms with E-state index in [1.54, 1.807) is 54.0 Å². The molecule has 0 aliphatic heterocycles. The van der Waals surface area contributed by atoms with Crippen LogP contribution in [0.15, 0.2) is 53.3 Å². The Labute approximate surface area is 120 Å². The maximum atomic E-state index is 12.0. The van der Waals surface area contributed by atoms with Gasteiger partial charge in [0.1, 0.15) is 5.82 Å². The van der Waals surface area contributed by atoms with Crippen LogP contribution >= 0.6 is 0 Å². The molecule has 0 unspecified atom stereocenters. The van der Waals surface area contributed by atoms with Crippen LogP contribution in [0.25, 0.3) is 16.6 Å². The van der Waals surface area contributed by atoms with Gasteiger partial charge in [-0.15, -0.1) is 0 Å². The van der Waals surface area contributed by atoms with Gasteiger partial charge in [0.25, 0.3) is 5.56 Å². The number of rotatable bonds is 2. The highest BCUT2D eigenvalue weighted by molar-refractivity contribution is 5.93. The van der Waals surface area contributed by atoms with Crippen molar-refractivity contribution in [1.82, 2.24) is 9.55 Å². The molecule has 1 heterocycles. The van der Waals surface area contributed by atoms with E-state index in [1.165, 1.54) is 6.07 Å². The first-order chi connectivity index (χ1) is 10.1. The van der Waals surface area contributed by atoms with Crippen LogP contribution in [-0.4, -0.2) is 20.6 Å². The van der Waals surface area contributed by atoms with E-state index in [4.69, 9.17) is 0 Å². The number of para-hydroxylation sites is 2. The van der Waals surface area contributed by atoms with Crippen molar-refractivity contribution in [3.63, 3.8) is 0 Å². The first-order valence-corrected chi connectivity index (χ1v) is 6.40. The van der Waals surface area contributed by atoms with Gasteiger partial charge in [0.2, 0.25) is 0 Å². The Morgan fingerprint density at radius 2 is 1.76 bits per heavy atom. The Balaban J connectivity index is 2.47. The van der Waals surface area contributed by atoms with Crippen LogP contribution in [0, 0.1) is 6.92 Å². The third kappa shape index (κ3) is 2.08. The van der Waals surface area contributed by atoms with Gasteiger partial charge < -0.3 is 5.11 Å². The number of aryl methyl sites for hydroxylation is 1. The number of hydrogen-bond acceptors (Lipinski definition) is 3. The highest BCUT2D eigenvalue weighted by Crippen LogP contribution is 2.21. The number of fused-ring (bicyclic) bond motifs is 1. The Morgan fingerprint density at radius 1 is 1.10 bits per heavy atom. The zero-order valence-electron chi connectivity index (χ0n) is 11.3. The maximum absolute atomic E-state index is 12.0. The minimum Gasteiger partial charge on any atom is -0.478 e. The normalized spacial score (nSPS) is 10.7. The van der Waals surface area contributed by atoms with Gasteiger partial charge in [-0.2, -0.15) is 4.98 Å². The number of hydrogen-bond donors (Lipinski definition) is 1. The summed E-state index contributed by atoms with van der Waals surface area (Å²) in [5.41, 5.74) is 0.984. The average Bonchev–Trinajstić information content (AvgIpc) is 2.47. The monoisotopic (exact) mass is 280 g/mol. The number of benzene rings is 2. The summed E-state index contributed by atoms with van der Waals surface area (Å²) in [6.07, 6.45) is 0. The van der Waals surface area contributed by atoms with Crippen molar-refractivity contribution in [1.29, 1.82) is 0 Å². The quantitative estimate of drug-likeness (QED) is 0.782. The standard InChI is InChI=1S/C16H12N2O3/c1-10-17-15(19)11-6-2-4-8-13(11)18(10)14-9-5-3-7-12(14)16(20)21/h2-9H,1H3,(H,20,21). The number of nitrogens with zero attached hydrogens (tertiary/aromatic N) is 2. The molecule has 0 spiro atoms. The molecular formula is C16H12N2O3. The van der Waals surface area contributed by atoms with Crippen molar-refractivity contribution in [2.24, 2.45) is 0 Å². The number of aromatic carboxylic acids is 1. The largest absolute Gasteiger partial charge is 0.478 e. The fourth-order valence-corrected chi connectivity index (χ4v) is 2.43. The van der Waals surface area contributed by atoms with Crippen LogP contribution in [0.2, 0.25) is 0 Å². The second kappa shape index (κ2) is 4.86. The molecule has 3 aromatic rings. The lowest BCUT2D eigenvalue weighted by molar-refractivity contribution is 0.0697. The molecule has 0 aliphatic rings. The van der Waals surface area contributed by atoms with Gasteiger partial charge in [-0.3, -0.25) is 9.36 Å². The summed E-state index contributed by atoms with van der Waals surface area (Å²) in [6, 6.07) is 13.7. The van der Waals surface area contributed by atoms with Crippen molar-refractivity contribution in [3.8, 4) is 5.69 Å². The SMILES string of the molecule is Cc1nc(=O)c2ccccc2n1-c1ccccc1C(=O)O. The van der Waals surface area contributed by atoms with Gasteiger partial charge in [0.05, 0.1) is 22.2 Å². The van der Waals surface area contributed by atoms with E-state index in [1.807, 2.05) is 0 Å². The van der Waals surface area contributed by atoms with E-state index in [2.05, 4.69) is 4.98 Å². The third-order valence-corrected chi connectivity index (χ3v) is 3.34. The summed E-state index contributed by atoms with van der Waals surface area (Å²) in [7, 11) is 0. The van der Waals surface area contributed by atoms with Crippen molar-refractivity contribution in [2.45, 2.75) is 6.92 Å². The highest BCUT2D eigenvalue weighted by atomic mass is 16.4. The number of aromatic nitrogens is 2. The summed E-state index contributed by atoms with van der Waals surface area (Å²) in [5, 5.41) is 9.81. The van der Waals surface area contributed by atoms with Crippen molar-refractivity contribution >= 4 is 16.9 Å². The number of carboxylic acid groups (broad SMARTS) is 1. The van der Waals surface area contributed by atoms with Crippen molar-refractivity contribution in [3.05, 3.63) is 70.3 Å². The molecule has 21 heavy (non-hydrogen) atoms. The summed E-state index contributed by atoms with van der Waals surface area (Å²) in [5.74, 6) is -0.569. The Bertz CT molecular complexity index is 913. The highest BCUT2D eigenvalue weighted by Gasteiger charge is 2.15. The molecule has 0 atom stereocenters. The van der Waals surface area contributed by atoms with Crippen LogP contribution < -0.4 is 5.56 Å². The van der Waals surface area contributed by atoms with Crippen LogP contribution in [0.3, 0.4) is 0 Å². The van der Waals surface area contributed by atoms with E-state index < -0.39 is 5.97 Å². The van der Waals surface area contributed by atoms with Crippen LogP contribution in [0.5, 0.6) is 0 Å². The second-order valence-corrected chi connectivity index (χ2v) is 4.64. The molecule has 3 rings (SSSR count). The molecule has 1 aromatic heterocycles. The molecular weight excluding hydrogens is 268 g/mol. The zero-order valence-corrected chi connectivity index (χ0v) is 11.3. The first-order valence-electron chi connectivity index (χ1n) is 6.40. The van der Waals surface area contributed by atoms with Gasteiger partial charge in [-0.25, -0.2) is 4.79 Å². The average molecular weight is 280 g/mol. The first kappa shape index (κ1) is 13.1. The van der Waals surface area contributed by atoms with E-state index in [9.17, 15) is 14.7 Å². The molecule has 0 aliphatic carbocycles. The summed E-state index contributed by atoms with van der Waals surface area (Å²) in [6.45, 7) is 1.69. The van der Waals surface area contributed by atoms with E-state index in [-0.39, 0.29) is 11.1 Å². The lowest BCUT2D eigenvalue weighted by atomic mass is 10.1. The van der Waals surface area contributed by atoms with Gasteiger partial charge in [-0.1, -0.05) is 24.3 Å². The van der Waals surface area contributed by atoms with Gasteiger partial charge in [0.15, 0.2) is 0 Å². The lowest BCUT2D eigenvalue weighted by Crippen LogP contribution is -2.17. The molecule has 0 bridgehead atoms. The fourth-order valence-electron chi connectivity index (χ4n) is 2.43. The molecule has 0 fully saturated rings. The number of carbonyl (C=O) groups is 1. The molecule has 104 valence electrons. The fraction of sp³-hybridized carbons (Fsp3) is 0.0625. The van der Waals surface area contributed by atoms with E-state index in [0.29, 0.717) is 22.4 Å². The molecule has 0 radical (unpaired) electrons. The molecule has 1 N–H and O–H groups in total. The van der Waals surface area contributed by atoms with E-state index >= 15 is 0 Å². The summed E-state index contributed by atoms with van der Waals surface area (Å²) in [4.78, 5) is 27.4. The molecule has 5 nitrogen and oxygen atoms in total. The Morgan fingerprint density at radius 3 is 2.52 bits per heavy atom. The maximum Gasteiger partial charge on any atom is 0.337 e. The van der Waals surface area contributed by atoms with Gasteiger partial charge in [0, 0.05) is 0 Å². The minimum atomic E-state index is -1.02. The Kier molecular flexibility index (Phi) is 3.02. The van der Waals surface area contributed by atoms with Crippen molar-refractivity contribution in [2.75, 3.05) is 0 Å². The molecule has 5 heteroatoms. The summed E-state index contributed by atoms with van der Waals surface area (Å²) < 4.78 is 1.69. The summed E-state index contributed by atoms with van der Waals surface area (Å²) >= 11 is 0. The molecule has 0 saturated heterocycles. The molecule has 2 aromatic carbocycles. The minimum absolute atomic E-state index is 0.163. The predicted molar refractivity (Wildman–Crippen MR) is 79.0 cm³/mol. The molecule has 0 saturated carbocycles. The Hall–Kier alpha value is -2.95. The predicted octanol–water partition coefficient (Wildman–Crippen LogP) is 2.39. The van der Waals surface area contributed by atoms with Crippen LogP contribution in [0.4, 0.5) is 0 Å². The van der Waals surface area contributed by atoms with Crippen molar-refractivity contribution < 1.29 is 9.90 Å². The smallest absolute Gasteiger partial charge is 0.337 e. The lowest BCUT2D eigenvalue weighted by Gasteiger charge is -2.15. The second-order valence-electron chi connectivity index (χ2n) is 4.64.